The fourth-order valence-electron chi connectivity index (χ4n) is 3.63. The highest BCUT2D eigenvalue weighted by Crippen LogP contribution is 2.18. The number of pyridine rings is 1. The van der Waals surface area contributed by atoms with Crippen LogP contribution in [0.5, 0.6) is 0 Å². The lowest BCUT2D eigenvalue weighted by molar-refractivity contribution is 0.0532. The number of carbonyl (C=O) groups excluding carboxylic acids is 2. The van der Waals surface area contributed by atoms with E-state index in [2.05, 4.69) is 10.1 Å². The lowest BCUT2D eigenvalue weighted by Crippen LogP contribution is -2.50. The van der Waals surface area contributed by atoms with Gasteiger partial charge in [0.1, 0.15) is 5.82 Å². The smallest absolute Gasteiger partial charge is 0.257 e. The molecule has 2 amide bonds. The molecule has 31 heavy (non-hydrogen) atoms. The number of hydrogen-bond acceptors (Lipinski definition) is 4. The van der Waals surface area contributed by atoms with E-state index in [0.717, 1.165) is 11.4 Å². The molecule has 0 saturated carbocycles. The number of aromatic nitrogens is 3. The van der Waals surface area contributed by atoms with Gasteiger partial charge in [0.15, 0.2) is 5.82 Å². The van der Waals surface area contributed by atoms with Crippen LogP contribution in [0.4, 0.5) is 4.39 Å². The first-order valence-electron chi connectivity index (χ1n) is 9.87. The fourth-order valence-corrected chi connectivity index (χ4v) is 3.80. The molecule has 1 aliphatic rings. The average molecular weight is 442 g/mol. The molecule has 0 N–H and O–H groups in total. The molecule has 0 atom stereocenters. The van der Waals surface area contributed by atoms with Crippen molar-refractivity contribution in [3.8, 4) is 5.82 Å². The van der Waals surface area contributed by atoms with Crippen LogP contribution in [0.1, 0.15) is 32.1 Å². The minimum Gasteiger partial charge on any atom is -0.335 e. The van der Waals surface area contributed by atoms with E-state index in [1.165, 1.54) is 29.3 Å². The van der Waals surface area contributed by atoms with Crippen LogP contribution in [0.2, 0.25) is 5.02 Å². The van der Waals surface area contributed by atoms with Gasteiger partial charge in [-0.15, -0.1) is 0 Å². The molecule has 0 bridgehead atoms. The summed E-state index contributed by atoms with van der Waals surface area (Å²) in [5, 5.41) is 4.69. The number of halogens is 2. The zero-order chi connectivity index (χ0) is 22.1. The van der Waals surface area contributed by atoms with E-state index >= 15 is 0 Å². The normalized spacial score (nSPS) is 14.1. The minimum atomic E-state index is -0.610. The SMILES string of the molecule is Cc1cc(C)n(-c2ccc(C(=O)N3CCN(C(=O)c4cc(Cl)ccc4F)CC3)cn2)n1. The third kappa shape index (κ3) is 4.29. The van der Waals surface area contributed by atoms with Gasteiger partial charge in [-0.2, -0.15) is 5.10 Å². The Morgan fingerprint density at radius 2 is 1.65 bits per heavy atom. The summed E-state index contributed by atoms with van der Waals surface area (Å²) in [5.74, 6) is -0.556. The van der Waals surface area contributed by atoms with Gasteiger partial charge in [-0.1, -0.05) is 11.6 Å². The molecule has 3 heterocycles. The van der Waals surface area contributed by atoms with E-state index in [1.54, 1.807) is 21.7 Å². The van der Waals surface area contributed by atoms with Gasteiger partial charge in [0, 0.05) is 43.1 Å². The third-order valence-electron chi connectivity index (χ3n) is 5.23. The molecule has 1 aromatic carbocycles. The largest absolute Gasteiger partial charge is 0.335 e. The third-order valence-corrected chi connectivity index (χ3v) is 5.47. The van der Waals surface area contributed by atoms with Gasteiger partial charge in [-0.25, -0.2) is 14.1 Å². The van der Waals surface area contributed by atoms with Crippen LogP contribution in [-0.4, -0.2) is 62.6 Å². The van der Waals surface area contributed by atoms with E-state index < -0.39 is 11.7 Å². The second-order valence-electron chi connectivity index (χ2n) is 7.45. The summed E-state index contributed by atoms with van der Waals surface area (Å²) >= 11 is 5.89. The van der Waals surface area contributed by atoms with Crippen LogP contribution in [0.15, 0.2) is 42.6 Å². The monoisotopic (exact) mass is 441 g/mol. The Morgan fingerprint density at radius 1 is 0.968 bits per heavy atom. The molecular formula is C22H21ClFN5O2. The zero-order valence-electron chi connectivity index (χ0n) is 17.2. The standard InChI is InChI=1S/C22H21ClFN5O2/c1-14-11-15(2)29(26-14)20-6-3-16(13-25-20)21(30)27-7-9-28(10-8-27)22(31)18-12-17(23)4-5-19(18)24/h3-6,11-13H,7-10H2,1-2H3. The van der Waals surface area contributed by atoms with Gasteiger partial charge in [0.25, 0.3) is 11.8 Å². The summed E-state index contributed by atoms with van der Waals surface area (Å²) in [6.45, 7) is 5.18. The number of amides is 2. The van der Waals surface area contributed by atoms with Crippen LogP contribution >= 0.6 is 11.6 Å². The maximum atomic E-state index is 14.0. The lowest BCUT2D eigenvalue weighted by Gasteiger charge is -2.34. The summed E-state index contributed by atoms with van der Waals surface area (Å²) in [4.78, 5) is 33.0. The fraction of sp³-hybridized carbons (Fsp3) is 0.273. The van der Waals surface area contributed by atoms with E-state index in [9.17, 15) is 14.0 Å². The highest BCUT2D eigenvalue weighted by molar-refractivity contribution is 6.31. The van der Waals surface area contributed by atoms with Crippen molar-refractivity contribution in [2.24, 2.45) is 0 Å². The highest BCUT2D eigenvalue weighted by atomic mass is 35.5. The van der Waals surface area contributed by atoms with Crippen LogP contribution in [0, 0.1) is 19.7 Å². The molecule has 1 aliphatic heterocycles. The Labute approximate surface area is 184 Å². The second-order valence-corrected chi connectivity index (χ2v) is 7.89. The van der Waals surface area contributed by atoms with E-state index in [1.807, 2.05) is 19.9 Å². The number of nitrogens with zero attached hydrogens (tertiary/aromatic N) is 5. The second kappa shape index (κ2) is 8.47. The van der Waals surface area contributed by atoms with Gasteiger partial charge in [0.05, 0.1) is 16.8 Å². The molecule has 0 radical (unpaired) electrons. The molecule has 1 fully saturated rings. The number of benzene rings is 1. The molecule has 0 unspecified atom stereocenters. The molecule has 160 valence electrons. The van der Waals surface area contributed by atoms with Gasteiger partial charge < -0.3 is 9.80 Å². The number of piperazine rings is 1. The van der Waals surface area contributed by atoms with Crippen molar-refractivity contribution >= 4 is 23.4 Å². The molecular weight excluding hydrogens is 421 g/mol. The number of rotatable bonds is 3. The number of carbonyl (C=O) groups is 2. The first-order chi connectivity index (χ1) is 14.8. The quantitative estimate of drug-likeness (QED) is 0.625. The Bertz CT molecular complexity index is 1140. The molecule has 7 nitrogen and oxygen atoms in total. The van der Waals surface area contributed by atoms with Crippen LogP contribution < -0.4 is 0 Å². The summed E-state index contributed by atoms with van der Waals surface area (Å²) < 4.78 is 15.7. The maximum Gasteiger partial charge on any atom is 0.257 e. The van der Waals surface area contributed by atoms with Crippen LogP contribution in [-0.2, 0) is 0 Å². The molecule has 0 spiro atoms. The molecule has 0 aliphatic carbocycles. The van der Waals surface area contributed by atoms with Crippen molar-refractivity contribution < 1.29 is 14.0 Å². The van der Waals surface area contributed by atoms with Crippen LogP contribution in [0.3, 0.4) is 0 Å². The summed E-state index contributed by atoms with van der Waals surface area (Å²) in [6.07, 6.45) is 1.53. The highest BCUT2D eigenvalue weighted by Gasteiger charge is 2.27. The average Bonchev–Trinajstić information content (AvgIpc) is 3.12. The summed E-state index contributed by atoms with van der Waals surface area (Å²) in [6, 6.07) is 9.34. The summed E-state index contributed by atoms with van der Waals surface area (Å²) in [5.41, 5.74) is 2.26. The molecule has 2 aromatic heterocycles. The molecule has 1 saturated heterocycles. The molecule has 4 rings (SSSR count). The van der Waals surface area contributed by atoms with Crippen molar-refractivity contribution in [1.82, 2.24) is 24.6 Å². The minimum absolute atomic E-state index is 0.0591. The van der Waals surface area contributed by atoms with E-state index in [0.29, 0.717) is 42.6 Å². The van der Waals surface area contributed by atoms with Crippen molar-refractivity contribution in [1.29, 1.82) is 0 Å². The van der Waals surface area contributed by atoms with Gasteiger partial charge in [0.2, 0.25) is 0 Å². The Balaban J connectivity index is 1.40. The Kier molecular flexibility index (Phi) is 5.73. The number of aryl methyl sites for hydroxylation is 2. The number of hydrogen-bond donors (Lipinski definition) is 0. The van der Waals surface area contributed by atoms with E-state index in [4.69, 9.17) is 11.6 Å². The first-order valence-corrected chi connectivity index (χ1v) is 10.2. The zero-order valence-corrected chi connectivity index (χ0v) is 17.9. The van der Waals surface area contributed by atoms with Gasteiger partial charge in [-0.05, 0) is 50.2 Å². The first kappa shape index (κ1) is 21.0. The predicted molar refractivity (Wildman–Crippen MR) is 114 cm³/mol. The van der Waals surface area contributed by atoms with Crippen molar-refractivity contribution in [3.63, 3.8) is 0 Å². The Morgan fingerprint density at radius 3 is 2.23 bits per heavy atom. The van der Waals surface area contributed by atoms with Crippen molar-refractivity contribution in [2.45, 2.75) is 13.8 Å². The lowest BCUT2D eigenvalue weighted by atomic mass is 10.1. The predicted octanol–water partition coefficient (Wildman–Crippen LogP) is 3.27. The van der Waals surface area contributed by atoms with E-state index in [-0.39, 0.29) is 11.5 Å². The topological polar surface area (TPSA) is 71.3 Å². The molecule has 9 heteroatoms. The van der Waals surface area contributed by atoms with Crippen LogP contribution in [0.25, 0.3) is 5.82 Å². The molecule has 3 aromatic rings. The van der Waals surface area contributed by atoms with Crippen molar-refractivity contribution in [2.75, 3.05) is 26.2 Å². The van der Waals surface area contributed by atoms with Gasteiger partial charge in [-0.3, -0.25) is 9.59 Å². The van der Waals surface area contributed by atoms with Crippen molar-refractivity contribution in [3.05, 3.63) is 75.9 Å². The maximum absolute atomic E-state index is 14.0. The Hall–Kier alpha value is -3.26. The summed E-state index contributed by atoms with van der Waals surface area (Å²) in [7, 11) is 0. The van der Waals surface area contributed by atoms with Gasteiger partial charge >= 0.3 is 0 Å².